The highest BCUT2D eigenvalue weighted by Gasteiger charge is 2.68. The van der Waals surface area contributed by atoms with E-state index in [0.717, 1.165) is 13.5 Å². The number of nitrogens with zero attached hydrogens (tertiary/aromatic N) is 2. The van der Waals surface area contributed by atoms with Crippen LogP contribution >= 0.6 is 0 Å². The molecular formula is C11H15F3N2O3. The van der Waals surface area contributed by atoms with Crippen LogP contribution in [-0.2, 0) is 4.74 Å². The molecule has 0 aromatic rings. The van der Waals surface area contributed by atoms with Gasteiger partial charge in [0.25, 0.3) is 5.72 Å². The van der Waals surface area contributed by atoms with Crippen molar-refractivity contribution in [3.8, 4) is 0 Å². The van der Waals surface area contributed by atoms with Crippen LogP contribution in [0.3, 0.4) is 0 Å². The van der Waals surface area contributed by atoms with Crippen LogP contribution in [0.25, 0.3) is 0 Å². The number of carbonyl (C=O) groups excluding carboxylic acids is 1. The molecule has 0 bridgehead atoms. The molecule has 1 N–H and O–H groups in total. The predicted octanol–water partition coefficient (Wildman–Crippen LogP) is 2.26. The zero-order chi connectivity index (χ0) is 14.3. The monoisotopic (exact) mass is 280 g/mol. The molecule has 0 radical (unpaired) electrons. The van der Waals surface area contributed by atoms with Crippen molar-refractivity contribution in [1.82, 2.24) is 5.01 Å². The van der Waals surface area contributed by atoms with E-state index < -0.39 is 23.9 Å². The number of carbonyl (C=O) groups is 1. The van der Waals surface area contributed by atoms with Crippen LogP contribution in [-0.4, -0.2) is 40.9 Å². The van der Waals surface area contributed by atoms with Gasteiger partial charge in [0.1, 0.15) is 0 Å². The summed E-state index contributed by atoms with van der Waals surface area (Å²) in [5.74, 6) is -1.20. The number of methoxy groups -OCH3 is 1. The molecule has 1 heterocycles. The van der Waals surface area contributed by atoms with Gasteiger partial charge in [0.05, 0.1) is 13.0 Å². The molecule has 0 aromatic carbocycles. The second kappa shape index (κ2) is 4.66. The highest BCUT2D eigenvalue weighted by atomic mass is 19.4. The average Bonchev–Trinajstić information content (AvgIpc) is 2.53. The number of hydrogen-bond acceptors (Lipinski definition) is 4. The number of alkyl halides is 3. The van der Waals surface area contributed by atoms with E-state index in [9.17, 15) is 23.1 Å². The Morgan fingerprint density at radius 3 is 2.74 bits per heavy atom. The minimum absolute atomic E-state index is 0.0400. The van der Waals surface area contributed by atoms with Gasteiger partial charge < -0.3 is 9.84 Å². The van der Waals surface area contributed by atoms with E-state index in [1.165, 1.54) is 0 Å². The minimum Gasteiger partial charge on any atom is -0.451 e. The number of aliphatic hydroxyl groups is 1. The van der Waals surface area contributed by atoms with Crippen molar-refractivity contribution in [2.75, 3.05) is 7.11 Å². The summed E-state index contributed by atoms with van der Waals surface area (Å²) >= 11 is 0. The van der Waals surface area contributed by atoms with E-state index >= 15 is 0 Å². The molecule has 2 rings (SSSR count). The summed E-state index contributed by atoms with van der Waals surface area (Å²) in [6.45, 7) is 0. The predicted molar refractivity (Wildman–Crippen MR) is 59.3 cm³/mol. The third-order valence-corrected chi connectivity index (χ3v) is 3.63. The molecule has 19 heavy (non-hydrogen) atoms. The topological polar surface area (TPSA) is 62.1 Å². The van der Waals surface area contributed by atoms with E-state index in [0.29, 0.717) is 19.3 Å². The van der Waals surface area contributed by atoms with Gasteiger partial charge in [-0.25, -0.2) is 4.79 Å². The molecular weight excluding hydrogens is 265 g/mol. The lowest BCUT2D eigenvalue weighted by atomic mass is 9.87. The van der Waals surface area contributed by atoms with Crippen LogP contribution in [0, 0.1) is 5.92 Å². The van der Waals surface area contributed by atoms with Gasteiger partial charge in [0, 0.05) is 5.71 Å². The van der Waals surface area contributed by atoms with Gasteiger partial charge in [0.15, 0.2) is 0 Å². The molecule has 1 amide bonds. The third kappa shape index (κ3) is 2.07. The highest BCUT2D eigenvalue weighted by molar-refractivity contribution is 5.91. The Bertz CT molecular complexity index is 410. The molecule has 8 heteroatoms. The number of rotatable bonds is 0. The second-order valence-electron chi connectivity index (χ2n) is 4.75. The van der Waals surface area contributed by atoms with E-state index in [2.05, 4.69) is 9.84 Å². The number of hydrazone groups is 1. The van der Waals surface area contributed by atoms with Crippen molar-refractivity contribution in [3.05, 3.63) is 0 Å². The van der Waals surface area contributed by atoms with Crippen molar-refractivity contribution >= 4 is 11.8 Å². The molecule has 0 spiro atoms. The van der Waals surface area contributed by atoms with Crippen LogP contribution in [0.1, 0.15) is 32.1 Å². The largest absolute Gasteiger partial charge is 0.451 e. The van der Waals surface area contributed by atoms with Crippen LogP contribution < -0.4 is 0 Å². The summed E-state index contributed by atoms with van der Waals surface area (Å²) in [4.78, 5) is 11.4. The molecule has 2 aliphatic rings. The van der Waals surface area contributed by atoms with E-state index in [-0.39, 0.29) is 17.1 Å². The number of amides is 1. The molecule has 1 saturated carbocycles. The Morgan fingerprint density at radius 2 is 2.16 bits per heavy atom. The Hall–Kier alpha value is -1.31. The first-order valence-corrected chi connectivity index (χ1v) is 6.07. The molecule has 0 unspecified atom stereocenters. The van der Waals surface area contributed by atoms with Crippen molar-refractivity contribution in [2.45, 2.75) is 44.0 Å². The van der Waals surface area contributed by atoms with Gasteiger partial charge in [-0.2, -0.15) is 23.3 Å². The van der Waals surface area contributed by atoms with Crippen LogP contribution in [0.15, 0.2) is 5.10 Å². The fourth-order valence-corrected chi connectivity index (χ4v) is 2.66. The van der Waals surface area contributed by atoms with Crippen molar-refractivity contribution < 1.29 is 27.8 Å². The Balaban J connectivity index is 2.44. The molecule has 1 aliphatic heterocycles. The normalized spacial score (nSPS) is 31.5. The lowest BCUT2D eigenvalue weighted by Gasteiger charge is -2.36. The summed E-state index contributed by atoms with van der Waals surface area (Å²) in [5.41, 5.74) is -3.07. The molecule has 5 nitrogen and oxygen atoms in total. The first-order valence-electron chi connectivity index (χ1n) is 6.07. The summed E-state index contributed by atoms with van der Waals surface area (Å²) in [6.07, 6.45) is -3.71. The molecule has 2 atom stereocenters. The molecule has 0 aromatic heterocycles. The first-order chi connectivity index (χ1) is 8.82. The van der Waals surface area contributed by atoms with E-state index in [1.807, 2.05) is 0 Å². The first kappa shape index (κ1) is 14.1. The zero-order valence-electron chi connectivity index (χ0n) is 10.4. The minimum atomic E-state index is -4.98. The van der Waals surface area contributed by atoms with Crippen molar-refractivity contribution in [1.29, 1.82) is 0 Å². The number of ether oxygens (including phenoxy) is 1. The second-order valence-corrected chi connectivity index (χ2v) is 4.75. The zero-order valence-corrected chi connectivity index (χ0v) is 10.4. The Kier molecular flexibility index (Phi) is 3.46. The quantitative estimate of drug-likeness (QED) is 0.740. The maximum absolute atomic E-state index is 13.2. The number of hydrogen-bond donors (Lipinski definition) is 1. The highest BCUT2D eigenvalue weighted by Crippen LogP contribution is 2.47. The van der Waals surface area contributed by atoms with Gasteiger partial charge in [-0.15, -0.1) is 0 Å². The average molecular weight is 280 g/mol. The fraction of sp³-hybridized carbons (Fsp3) is 0.818. The van der Waals surface area contributed by atoms with E-state index in [1.54, 1.807) is 0 Å². The molecule has 1 aliphatic carbocycles. The maximum Gasteiger partial charge on any atom is 0.439 e. The molecule has 108 valence electrons. The number of fused-ring (bicyclic) bond motifs is 1. The third-order valence-electron chi connectivity index (χ3n) is 3.63. The standard InChI is InChI=1S/C11H15F3N2O3/c1-19-9(17)16-10(18,11(12,13)14)7-5-3-2-4-6-8(7)15-16/h7,18H,2-6H2,1H3/t7-,10+/m0/s1. The molecule has 1 fully saturated rings. The Labute approximate surface area is 108 Å². The lowest BCUT2D eigenvalue weighted by Crippen LogP contribution is -2.61. The van der Waals surface area contributed by atoms with Crippen LogP contribution in [0.2, 0.25) is 0 Å². The smallest absolute Gasteiger partial charge is 0.439 e. The van der Waals surface area contributed by atoms with Gasteiger partial charge in [0.2, 0.25) is 0 Å². The SMILES string of the molecule is COC(=O)N1N=C2CCCCC[C@@H]2[C@@]1(O)C(F)(F)F. The van der Waals surface area contributed by atoms with Gasteiger partial charge >= 0.3 is 12.3 Å². The fourth-order valence-electron chi connectivity index (χ4n) is 2.66. The Morgan fingerprint density at radius 1 is 1.47 bits per heavy atom. The van der Waals surface area contributed by atoms with Gasteiger partial charge in [-0.3, -0.25) is 0 Å². The molecule has 0 saturated heterocycles. The van der Waals surface area contributed by atoms with E-state index in [4.69, 9.17) is 0 Å². The van der Waals surface area contributed by atoms with Crippen LogP contribution in [0.5, 0.6) is 0 Å². The summed E-state index contributed by atoms with van der Waals surface area (Å²) in [5, 5.41) is 13.8. The summed E-state index contributed by atoms with van der Waals surface area (Å²) in [6, 6.07) is 0. The number of halogens is 3. The maximum atomic E-state index is 13.2. The van der Waals surface area contributed by atoms with Crippen molar-refractivity contribution in [2.24, 2.45) is 11.0 Å². The lowest BCUT2D eigenvalue weighted by molar-refractivity contribution is -0.314. The summed E-state index contributed by atoms with van der Waals surface area (Å²) < 4.78 is 43.9. The van der Waals surface area contributed by atoms with Crippen molar-refractivity contribution in [3.63, 3.8) is 0 Å². The van der Waals surface area contributed by atoms with Gasteiger partial charge in [-0.1, -0.05) is 12.8 Å². The van der Waals surface area contributed by atoms with Crippen LogP contribution in [0.4, 0.5) is 18.0 Å². The van der Waals surface area contributed by atoms with Gasteiger partial charge in [-0.05, 0) is 19.3 Å². The summed E-state index contributed by atoms with van der Waals surface area (Å²) in [7, 11) is 0.952.